The van der Waals surface area contributed by atoms with Gasteiger partial charge >= 0.3 is 0 Å². The Morgan fingerprint density at radius 3 is 2.95 bits per heavy atom. The predicted molar refractivity (Wildman–Crippen MR) is 91.5 cm³/mol. The highest BCUT2D eigenvalue weighted by molar-refractivity contribution is 5.85. The van der Waals surface area contributed by atoms with Crippen LogP contribution in [0.3, 0.4) is 0 Å². The smallest absolute Gasteiger partial charge is 0.223 e. The van der Waals surface area contributed by atoms with E-state index in [2.05, 4.69) is 11.4 Å². The van der Waals surface area contributed by atoms with E-state index >= 15 is 0 Å². The van der Waals surface area contributed by atoms with Gasteiger partial charge in [0.15, 0.2) is 0 Å². The molecule has 0 aliphatic heterocycles. The minimum absolute atomic E-state index is 0. The number of carbonyl (C=O) groups excluding carboxylic acids is 1. The Kier molecular flexibility index (Phi) is 8.28. The lowest BCUT2D eigenvalue weighted by Gasteiger charge is -2.25. The maximum atomic E-state index is 12.1. The molecule has 5 heteroatoms. The van der Waals surface area contributed by atoms with E-state index in [0.717, 1.165) is 50.8 Å². The molecular weight excluding hydrogens is 300 g/mol. The molecule has 2 rings (SSSR count). The van der Waals surface area contributed by atoms with E-state index in [1.165, 1.54) is 5.56 Å². The van der Waals surface area contributed by atoms with Gasteiger partial charge in [-0.05, 0) is 49.8 Å². The van der Waals surface area contributed by atoms with Gasteiger partial charge in [0.1, 0.15) is 5.75 Å². The van der Waals surface area contributed by atoms with Crippen LogP contribution in [0, 0.1) is 5.92 Å². The van der Waals surface area contributed by atoms with Crippen molar-refractivity contribution in [3.05, 3.63) is 29.8 Å². The van der Waals surface area contributed by atoms with Crippen LogP contribution in [0.15, 0.2) is 24.3 Å². The number of rotatable bonds is 6. The van der Waals surface area contributed by atoms with Gasteiger partial charge in [0.25, 0.3) is 0 Å². The molecule has 0 heterocycles. The second-order valence-electron chi connectivity index (χ2n) is 5.87. The van der Waals surface area contributed by atoms with Crippen molar-refractivity contribution >= 4 is 18.3 Å². The van der Waals surface area contributed by atoms with Crippen LogP contribution in [0.4, 0.5) is 0 Å². The number of nitrogens with one attached hydrogen (secondary N) is 1. The highest BCUT2D eigenvalue weighted by atomic mass is 35.5. The van der Waals surface area contributed by atoms with E-state index in [4.69, 9.17) is 10.5 Å². The molecule has 1 aromatic rings. The largest absolute Gasteiger partial charge is 0.497 e. The minimum atomic E-state index is 0. The molecule has 4 nitrogen and oxygen atoms in total. The number of amides is 1. The summed E-state index contributed by atoms with van der Waals surface area (Å²) < 4.78 is 5.21. The maximum Gasteiger partial charge on any atom is 0.223 e. The van der Waals surface area contributed by atoms with Crippen molar-refractivity contribution in [1.82, 2.24) is 5.32 Å². The van der Waals surface area contributed by atoms with E-state index in [1.807, 2.05) is 18.2 Å². The first-order valence-electron chi connectivity index (χ1n) is 7.85. The van der Waals surface area contributed by atoms with E-state index in [0.29, 0.717) is 0 Å². The molecule has 0 saturated heterocycles. The second-order valence-corrected chi connectivity index (χ2v) is 5.87. The van der Waals surface area contributed by atoms with Crippen LogP contribution in [0.2, 0.25) is 0 Å². The molecule has 2 unspecified atom stereocenters. The van der Waals surface area contributed by atoms with Gasteiger partial charge in [-0.25, -0.2) is 0 Å². The second kappa shape index (κ2) is 9.70. The van der Waals surface area contributed by atoms with Crippen LogP contribution in [0.1, 0.15) is 37.7 Å². The molecule has 0 bridgehead atoms. The van der Waals surface area contributed by atoms with E-state index < -0.39 is 0 Å². The number of methoxy groups -OCH3 is 1. The molecule has 2 atom stereocenters. The summed E-state index contributed by atoms with van der Waals surface area (Å²) in [4.78, 5) is 12.1. The van der Waals surface area contributed by atoms with Gasteiger partial charge in [-0.1, -0.05) is 18.6 Å². The normalized spacial score (nSPS) is 20.8. The number of benzene rings is 1. The molecule has 1 amide bonds. The average Bonchev–Trinajstić information content (AvgIpc) is 2.51. The summed E-state index contributed by atoms with van der Waals surface area (Å²) in [6.45, 7) is 0.724. The van der Waals surface area contributed by atoms with Crippen LogP contribution in [0.25, 0.3) is 0 Å². The van der Waals surface area contributed by atoms with Gasteiger partial charge in [0.2, 0.25) is 5.91 Å². The van der Waals surface area contributed by atoms with Crippen molar-refractivity contribution < 1.29 is 9.53 Å². The van der Waals surface area contributed by atoms with Crippen molar-refractivity contribution in [1.29, 1.82) is 0 Å². The van der Waals surface area contributed by atoms with Crippen molar-refractivity contribution in [2.75, 3.05) is 13.7 Å². The molecule has 124 valence electrons. The topological polar surface area (TPSA) is 64.3 Å². The van der Waals surface area contributed by atoms with Crippen LogP contribution >= 0.6 is 12.4 Å². The van der Waals surface area contributed by atoms with Crippen LogP contribution in [-0.2, 0) is 11.2 Å². The maximum absolute atomic E-state index is 12.1. The molecule has 1 saturated carbocycles. The predicted octanol–water partition coefficient (Wildman–Crippen LogP) is 2.68. The van der Waals surface area contributed by atoms with Gasteiger partial charge in [0.05, 0.1) is 7.11 Å². The lowest BCUT2D eigenvalue weighted by atomic mass is 9.85. The SMILES string of the molecule is COc1cccc(CCCNC(=O)C2CCCC(N)C2)c1.Cl. The summed E-state index contributed by atoms with van der Waals surface area (Å²) in [6.07, 6.45) is 5.83. The Morgan fingerprint density at radius 2 is 2.23 bits per heavy atom. The zero-order chi connectivity index (χ0) is 15.1. The fourth-order valence-electron chi connectivity index (χ4n) is 2.94. The molecule has 0 aromatic heterocycles. The third-order valence-electron chi connectivity index (χ3n) is 4.16. The number of hydrogen-bond donors (Lipinski definition) is 2. The van der Waals surface area contributed by atoms with Crippen molar-refractivity contribution in [2.45, 2.75) is 44.6 Å². The van der Waals surface area contributed by atoms with Gasteiger partial charge < -0.3 is 15.8 Å². The first-order valence-corrected chi connectivity index (χ1v) is 7.85. The zero-order valence-electron chi connectivity index (χ0n) is 13.2. The first-order chi connectivity index (χ1) is 10.2. The summed E-state index contributed by atoms with van der Waals surface area (Å²) in [6, 6.07) is 8.27. The Bertz CT molecular complexity index is 468. The zero-order valence-corrected chi connectivity index (χ0v) is 14.0. The lowest BCUT2D eigenvalue weighted by molar-refractivity contribution is -0.126. The molecule has 22 heavy (non-hydrogen) atoms. The van der Waals surface area contributed by atoms with Crippen molar-refractivity contribution in [3.63, 3.8) is 0 Å². The Balaban J connectivity index is 0.00000242. The number of nitrogens with two attached hydrogens (primary N) is 1. The third-order valence-corrected chi connectivity index (χ3v) is 4.16. The Labute approximate surface area is 139 Å². The fraction of sp³-hybridized carbons (Fsp3) is 0.588. The van der Waals surface area contributed by atoms with Crippen molar-refractivity contribution in [2.24, 2.45) is 11.7 Å². The molecule has 1 aromatic carbocycles. The molecule has 0 radical (unpaired) electrons. The number of halogens is 1. The van der Waals surface area contributed by atoms with E-state index in [1.54, 1.807) is 7.11 Å². The van der Waals surface area contributed by atoms with Crippen LogP contribution in [0.5, 0.6) is 5.75 Å². The van der Waals surface area contributed by atoms with Gasteiger partial charge in [0, 0.05) is 18.5 Å². The summed E-state index contributed by atoms with van der Waals surface area (Å²) in [7, 11) is 1.67. The van der Waals surface area contributed by atoms with E-state index in [-0.39, 0.29) is 30.3 Å². The van der Waals surface area contributed by atoms with Crippen LogP contribution < -0.4 is 15.8 Å². The first kappa shape index (κ1) is 18.8. The summed E-state index contributed by atoms with van der Waals surface area (Å²) in [5.74, 6) is 1.18. The quantitative estimate of drug-likeness (QED) is 0.790. The van der Waals surface area contributed by atoms with Gasteiger partial charge in [-0.3, -0.25) is 4.79 Å². The number of hydrogen-bond acceptors (Lipinski definition) is 3. The molecule has 1 aliphatic carbocycles. The highest BCUT2D eigenvalue weighted by Gasteiger charge is 2.24. The molecule has 0 spiro atoms. The highest BCUT2D eigenvalue weighted by Crippen LogP contribution is 2.23. The minimum Gasteiger partial charge on any atom is -0.497 e. The fourth-order valence-corrected chi connectivity index (χ4v) is 2.94. The lowest BCUT2D eigenvalue weighted by Crippen LogP contribution is -2.38. The molecule has 1 fully saturated rings. The number of carbonyl (C=O) groups is 1. The Hall–Kier alpha value is -1.26. The van der Waals surface area contributed by atoms with Gasteiger partial charge in [-0.2, -0.15) is 0 Å². The van der Waals surface area contributed by atoms with Crippen molar-refractivity contribution in [3.8, 4) is 5.75 Å². The summed E-state index contributed by atoms with van der Waals surface area (Å²) in [5.41, 5.74) is 7.17. The Morgan fingerprint density at radius 1 is 1.41 bits per heavy atom. The number of aryl methyl sites for hydroxylation is 1. The van der Waals surface area contributed by atoms with Crippen LogP contribution in [-0.4, -0.2) is 25.6 Å². The summed E-state index contributed by atoms with van der Waals surface area (Å²) in [5, 5.41) is 3.05. The average molecular weight is 327 g/mol. The number of ether oxygens (including phenoxy) is 1. The van der Waals surface area contributed by atoms with Gasteiger partial charge in [-0.15, -0.1) is 12.4 Å². The van der Waals surface area contributed by atoms with E-state index in [9.17, 15) is 4.79 Å². The standard InChI is InChI=1S/C17H26N2O2.ClH/c1-21-16-9-2-5-13(11-16)6-4-10-19-17(20)14-7-3-8-15(18)12-14;/h2,5,9,11,14-15H,3-4,6-8,10,12,18H2,1H3,(H,19,20);1H. The molecule has 3 N–H and O–H groups in total. The molecular formula is C17H27ClN2O2. The molecule has 1 aliphatic rings. The third kappa shape index (κ3) is 5.85. The summed E-state index contributed by atoms with van der Waals surface area (Å²) >= 11 is 0. The monoisotopic (exact) mass is 326 g/mol.